The molecule has 0 saturated carbocycles. The summed E-state index contributed by atoms with van der Waals surface area (Å²) in [7, 11) is 1.76. The van der Waals surface area contributed by atoms with E-state index in [-0.39, 0.29) is 5.56 Å². The second kappa shape index (κ2) is 4.31. The molecule has 0 spiro atoms. The minimum atomic E-state index is 0.00506. The molecule has 0 bridgehead atoms. The van der Waals surface area contributed by atoms with Crippen molar-refractivity contribution in [3.8, 4) is 11.4 Å². The number of para-hydroxylation sites is 2. The number of H-pyrrole nitrogens is 1. The average Bonchev–Trinajstić information content (AvgIpc) is 2.94. The zero-order valence-electron chi connectivity index (χ0n) is 11.5. The molecule has 0 atom stereocenters. The number of pyridine rings is 1. The summed E-state index contributed by atoms with van der Waals surface area (Å²) in [6.07, 6.45) is 1.84. The van der Waals surface area contributed by atoms with Crippen LogP contribution in [0.25, 0.3) is 33.2 Å². The number of fused-ring (bicyclic) bond motifs is 2. The molecule has 4 heteroatoms. The SMILES string of the molecule is Cn1cc(-c2nc3ccccc3[nH]2)c2ccccc2c1=O. The van der Waals surface area contributed by atoms with Gasteiger partial charge in [-0.2, -0.15) is 0 Å². The second-order valence-electron chi connectivity index (χ2n) is 5.11. The van der Waals surface area contributed by atoms with E-state index in [4.69, 9.17) is 0 Å². The zero-order valence-corrected chi connectivity index (χ0v) is 11.5. The summed E-state index contributed by atoms with van der Waals surface area (Å²) in [6.45, 7) is 0. The largest absolute Gasteiger partial charge is 0.338 e. The van der Waals surface area contributed by atoms with E-state index in [1.165, 1.54) is 0 Å². The summed E-state index contributed by atoms with van der Waals surface area (Å²) in [5, 5.41) is 1.62. The Balaban J connectivity index is 2.10. The van der Waals surface area contributed by atoms with E-state index < -0.39 is 0 Å². The van der Waals surface area contributed by atoms with Gasteiger partial charge in [0, 0.05) is 24.2 Å². The van der Waals surface area contributed by atoms with Gasteiger partial charge in [0.05, 0.1) is 11.0 Å². The van der Waals surface area contributed by atoms with Crippen LogP contribution >= 0.6 is 0 Å². The molecule has 4 nitrogen and oxygen atoms in total. The molecule has 21 heavy (non-hydrogen) atoms. The van der Waals surface area contributed by atoms with E-state index in [1.54, 1.807) is 11.6 Å². The van der Waals surface area contributed by atoms with Gasteiger partial charge in [-0.05, 0) is 23.6 Å². The monoisotopic (exact) mass is 275 g/mol. The van der Waals surface area contributed by atoms with Crippen molar-refractivity contribution in [1.29, 1.82) is 0 Å². The number of imidazole rings is 1. The Hall–Kier alpha value is -2.88. The molecule has 0 radical (unpaired) electrons. The quantitative estimate of drug-likeness (QED) is 0.580. The lowest BCUT2D eigenvalue weighted by atomic mass is 10.1. The predicted octanol–water partition coefficient (Wildman–Crippen LogP) is 3.08. The number of nitrogens with zero attached hydrogens (tertiary/aromatic N) is 2. The fraction of sp³-hybridized carbons (Fsp3) is 0.0588. The van der Waals surface area contributed by atoms with E-state index >= 15 is 0 Å². The Labute approximate surface area is 120 Å². The van der Waals surface area contributed by atoms with Gasteiger partial charge in [-0.3, -0.25) is 4.79 Å². The van der Waals surface area contributed by atoms with E-state index in [9.17, 15) is 4.79 Å². The van der Waals surface area contributed by atoms with Crippen LogP contribution in [0.2, 0.25) is 0 Å². The number of aromatic nitrogens is 3. The maximum atomic E-state index is 12.2. The fourth-order valence-electron chi connectivity index (χ4n) is 2.69. The van der Waals surface area contributed by atoms with Crippen LogP contribution in [0, 0.1) is 0 Å². The first-order chi connectivity index (χ1) is 10.2. The van der Waals surface area contributed by atoms with Crippen molar-refractivity contribution >= 4 is 21.8 Å². The molecule has 0 amide bonds. The summed E-state index contributed by atoms with van der Waals surface area (Å²) in [5.74, 6) is 0.781. The maximum absolute atomic E-state index is 12.2. The highest BCUT2D eigenvalue weighted by Gasteiger charge is 2.11. The third-order valence-corrected chi connectivity index (χ3v) is 3.74. The van der Waals surface area contributed by atoms with Gasteiger partial charge in [0.15, 0.2) is 0 Å². The molecule has 102 valence electrons. The smallest absolute Gasteiger partial charge is 0.258 e. The molecule has 0 unspecified atom stereocenters. The van der Waals surface area contributed by atoms with Crippen LogP contribution in [0.15, 0.2) is 59.5 Å². The first kappa shape index (κ1) is 11.9. The molecule has 2 aromatic carbocycles. The van der Waals surface area contributed by atoms with Crippen LogP contribution in [0.5, 0.6) is 0 Å². The Morgan fingerprint density at radius 1 is 1.00 bits per heavy atom. The van der Waals surface area contributed by atoms with Gasteiger partial charge < -0.3 is 9.55 Å². The molecular weight excluding hydrogens is 262 g/mol. The van der Waals surface area contributed by atoms with E-state index in [2.05, 4.69) is 9.97 Å². The van der Waals surface area contributed by atoms with Crippen molar-refractivity contribution in [3.05, 3.63) is 65.1 Å². The molecule has 0 aliphatic carbocycles. The van der Waals surface area contributed by atoms with Gasteiger partial charge in [0.1, 0.15) is 5.82 Å². The van der Waals surface area contributed by atoms with Crippen LogP contribution in [0.3, 0.4) is 0 Å². The molecule has 4 rings (SSSR count). The topological polar surface area (TPSA) is 50.7 Å². The minimum Gasteiger partial charge on any atom is -0.338 e. The molecule has 4 aromatic rings. The van der Waals surface area contributed by atoms with Crippen molar-refractivity contribution in [1.82, 2.24) is 14.5 Å². The number of aryl methyl sites for hydroxylation is 1. The molecule has 1 N–H and O–H groups in total. The number of aromatic amines is 1. The molecule has 0 saturated heterocycles. The van der Waals surface area contributed by atoms with Crippen molar-refractivity contribution in [2.24, 2.45) is 7.05 Å². The van der Waals surface area contributed by atoms with Gasteiger partial charge in [-0.15, -0.1) is 0 Å². The maximum Gasteiger partial charge on any atom is 0.258 e. The summed E-state index contributed by atoms with van der Waals surface area (Å²) in [5.41, 5.74) is 2.85. The Bertz CT molecular complexity index is 994. The van der Waals surface area contributed by atoms with Gasteiger partial charge in [0.2, 0.25) is 0 Å². The van der Waals surface area contributed by atoms with Gasteiger partial charge >= 0.3 is 0 Å². The number of hydrogen-bond acceptors (Lipinski definition) is 2. The highest BCUT2D eigenvalue weighted by molar-refractivity contribution is 5.95. The fourth-order valence-corrected chi connectivity index (χ4v) is 2.69. The van der Waals surface area contributed by atoms with Crippen molar-refractivity contribution in [3.63, 3.8) is 0 Å². The number of rotatable bonds is 1. The third kappa shape index (κ3) is 1.76. The minimum absolute atomic E-state index is 0.00506. The molecular formula is C17H13N3O. The lowest BCUT2D eigenvalue weighted by molar-refractivity contribution is 0.873. The van der Waals surface area contributed by atoms with Crippen LogP contribution in [0.1, 0.15) is 0 Å². The Morgan fingerprint density at radius 2 is 1.71 bits per heavy atom. The number of nitrogens with one attached hydrogen (secondary N) is 1. The Kier molecular flexibility index (Phi) is 2.44. The average molecular weight is 275 g/mol. The second-order valence-corrected chi connectivity index (χ2v) is 5.11. The highest BCUT2D eigenvalue weighted by atomic mass is 16.1. The van der Waals surface area contributed by atoms with Crippen molar-refractivity contribution in [2.75, 3.05) is 0 Å². The van der Waals surface area contributed by atoms with Gasteiger partial charge in [-0.25, -0.2) is 4.98 Å². The third-order valence-electron chi connectivity index (χ3n) is 3.74. The predicted molar refractivity (Wildman–Crippen MR) is 84.3 cm³/mol. The Morgan fingerprint density at radius 3 is 2.52 bits per heavy atom. The van der Waals surface area contributed by atoms with Crippen LogP contribution < -0.4 is 5.56 Å². The number of hydrogen-bond donors (Lipinski definition) is 1. The summed E-state index contributed by atoms with van der Waals surface area (Å²) >= 11 is 0. The lowest BCUT2D eigenvalue weighted by Gasteiger charge is -2.06. The van der Waals surface area contributed by atoms with Crippen LogP contribution in [-0.4, -0.2) is 14.5 Å². The van der Waals surface area contributed by atoms with E-state index in [1.807, 2.05) is 54.7 Å². The lowest BCUT2D eigenvalue weighted by Crippen LogP contribution is -2.16. The first-order valence-electron chi connectivity index (χ1n) is 6.77. The standard InChI is InChI=1S/C17H13N3O/c1-20-10-13(11-6-2-3-7-12(11)17(20)21)16-18-14-8-4-5-9-15(14)19-16/h2-10H,1H3,(H,18,19). The van der Waals surface area contributed by atoms with Crippen molar-refractivity contribution in [2.45, 2.75) is 0 Å². The summed E-state index contributed by atoms with van der Waals surface area (Å²) in [4.78, 5) is 20.2. The van der Waals surface area contributed by atoms with Crippen LogP contribution in [0.4, 0.5) is 0 Å². The molecule has 2 aromatic heterocycles. The first-order valence-corrected chi connectivity index (χ1v) is 6.77. The molecule has 2 heterocycles. The molecule has 0 aliphatic heterocycles. The van der Waals surface area contributed by atoms with Gasteiger partial charge in [0.25, 0.3) is 5.56 Å². The van der Waals surface area contributed by atoms with Crippen molar-refractivity contribution < 1.29 is 0 Å². The molecule has 0 aliphatic rings. The molecule has 0 fully saturated rings. The summed E-state index contributed by atoms with van der Waals surface area (Å²) in [6, 6.07) is 15.5. The summed E-state index contributed by atoms with van der Waals surface area (Å²) < 4.78 is 1.60. The van der Waals surface area contributed by atoms with Crippen LogP contribution in [-0.2, 0) is 7.05 Å². The number of benzene rings is 2. The van der Waals surface area contributed by atoms with E-state index in [0.29, 0.717) is 5.39 Å². The highest BCUT2D eigenvalue weighted by Crippen LogP contribution is 2.26. The normalized spacial score (nSPS) is 11.3. The van der Waals surface area contributed by atoms with Gasteiger partial charge in [-0.1, -0.05) is 30.3 Å². The zero-order chi connectivity index (χ0) is 14.4. The van der Waals surface area contributed by atoms with E-state index in [0.717, 1.165) is 27.8 Å².